The molecule has 0 aromatic heterocycles. The maximum atomic E-state index is 12.7. The van der Waals surface area contributed by atoms with Crippen molar-refractivity contribution in [1.82, 2.24) is 4.90 Å². The van der Waals surface area contributed by atoms with Crippen LogP contribution in [-0.4, -0.2) is 29.0 Å². The summed E-state index contributed by atoms with van der Waals surface area (Å²) in [6.07, 6.45) is 2.14. The van der Waals surface area contributed by atoms with Crippen molar-refractivity contribution >= 4 is 23.2 Å². The Hall–Kier alpha value is -2.04. The number of benzene rings is 2. The van der Waals surface area contributed by atoms with Gasteiger partial charge >= 0.3 is 0 Å². The third kappa shape index (κ3) is 3.89. The first-order valence-corrected chi connectivity index (χ1v) is 8.56. The fourth-order valence-corrected chi connectivity index (χ4v) is 3.07. The third-order valence-corrected chi connectivity index (χ3v) is 4.53. The fraction of sp³-hybridized carbons (Fsp3) is 0.316. The topological polar surface area (TPSA) is 52.6 Å². The van der Waals surface area contributed by atoms with Gasteiger partial charge in [0.2, 0.25) is 0 Å². The molecule has 2 aromatic carbocycles. The van der Waals surface area contributed by atoms with Crippen LogP contribution in [0.4, 0.5) is 5.69 Å². The number of carbonyl (C=O) groups excluding carboxylic acids is 1. The number of hydrogen-bond donors (Lipinski definition) is 2. The molecule has 1 amide bonds. The average molecular weight is 345 g/mol. The van der Waals surface area contributed by atoms with E-state index >= 15 is 0 Å². The van der Waals surface area contributed by atoms with E-state index in [0.717, 1.165) is 42.7 Å². The molecule has 3 rings (SSSR count). The van der Waals surface area contributed by atoms with Crippen LogP contribution in [0.25, 0.3) is 0 Å². The minimum Gasteiger partial charge on any atom is -0.392 e. The predicted octanol–water partition coefficient (Wildman–Crippen LogP) is 3.68. The van der Waals surface area contributed by atoms with Gasteiger partial charge in [-0.1, -0.05) is 35.9 Å². The van der Waals surface area contributed by atoms with E-state index in [-0.39, 0.29) is 12.5 Å². The highest BCUT2D eigenvalue weighted by Gasteiger charge is 2.21. The van der Waals surface area contributed by atoms with Crippen LogP contribution in [0.15, 0.2) is 42.5 Å². The SMILES string of the molecule is O=C(c1ccc(Cl)cc1NCc1ccc(CO)cc1)N1CCCC1. The first-order valence-electron chi connectivity index (χ1n) is 8.19. The van der Waals surface area contributed by atoms with Crippen molar-refractivity contribution in [3.05, 3.63) is 64.2 Å². The maximum Gasteiger partial charge on any atom is 0.255 e. The minimum atomic E-state index is 0.0382. The Labute approximate surface area is 147 Å². The van der Waals surface area contributed by atoms with Gasteiger partial charge in [-0.15, -0.1) is 0 Å². The van der Waals surface area contributed by atoms with Crippen LogP contribution in [-0.2, 0) is 13.2 Å². The summed E-state index contributed by atoms with van der Waals surface area (Å²) in [5.41, 5.74) is 3.37. The highest BCUT2D eigenvalue weighted by atomic mass is 35.5. The molecule has 0 spiro atoms. The molecule has 0 saturated carbocycles. The summed E-state index contributed by atoms with van der Waals surface area (Å²) in [6, 6.07) is 13.1. The second-order valence-electron chi connectivity index (χ2n) is 6.02. The van der Waals surface area contributed by atoms with Crippen LogP contribution in [0, 0.1) is 0 Å². The molecule has 1 aliphatic rings. The lowest BCUT2D eigenvalue weighted by molar-refractivity contribution is 0.0793. The summed E-state index contributed by atoms with van der Waals surface area (Å²) in [5, 5.41) is 13.0. The first kappa shape index (κ1) is 16.8. The molecule has 1 fully saturated rings. The lowest BCUT2D eigenvalue weighted by atomic mass is 10.1. The first-order chi connectivity index (χ1) is 11.7. The van der Waals surface area contributed by atoms with Crippen molar-refractivity contribution in [2.24, 2.45) is 0 Å². The number of nitrogens with one attached hydrogen (secondary N) is 1. The van der Waals surface area contributed by atoms with E-state index in [9.17, 15) is 4.79 Å². The van der Waals surface area contributed by atoms with E-state index in [1.165, 1.54) is 0 Å². The Morgan fingerprint density at radius 1 is 1.08 bits per heavy atom. The van der Waals surface area contributed by atoms with Crippen molar-refractivity contribution in [2.45, 2.75) is 26.0 Å². The predicted molar refractivity (Wildman–Crippen MR) is 96.3 cm³/mol. The number of nitrogens with zero attached hydrogens (tertiary/aromatic N) is 1. The number of halogens is 1. The molecule has 126 valence electrons. The van der Waals surface area contributed by atoms with Gasteiger partial charge in [-0.2, -0.15) is 0 Å². The minimum absolute atomic E-state index is 0.0382. The number of carbonyl (C=O) groups is 1. The molecule has 1 heterocycles. The molecule has 0 atom stereocenters. The van der Waals surface area contributed by atoms with Gasteiger partial charge in [0.05, 0.1) is 12.2 Å². The molecular weight excluding hydrogens is 324 g/mol. The summed E-state index contributed by atoms with van der Waals surface area (Å²) in [4.78, 5) is 14.6. The largest absolute Gasteiger partial charge is 0.392 e. The summed E-state index contributed by atoms with van der Waals surface area (Å²) in [5.74, 6) is 0.0577. The zero-order chi connectivity index (χ0) is 16.9. The van der Waals surface area contributed by atoms with E-state index in [1.54, 1.807) is 18.2 Å². The van der Waals surface area contributed by atoms with Crippen LogP contribution in [0.3, 0.4) is 0 Å². The number of likely N-dealkylation sites (tertiary alicyclic amines) is 1. The van der Waals surface area contributed by atoms with Crippen molar-refractivity contribution in [3.63, 3.8) is 0 Å². The van der Waals surface area contributed by atoms with Crippen LogP contribution in [0.1, 0.15) is 34.3 Å². The lowest BCUT2D eigenvalue weighted by Gasteiger charge is -2.18. The monoisotopic (exact) mass is 344 g/mol. The van der Waals surface area contributed by atoms with Gasteiger partial charge in [-0.05, 0) is 42.2 Å². The van der Waals surface area contributed by atoms with Crippen LogP contribution < -0.4 is 5.32 Å². The number of anilines is 1. The Balaban J connectivity index is 1.75. The maximum absolute atomic E-state index is 12.7. The highest BCUT2D eigenvalue weighted by molar-refractivity contribution is 6.31. The average Bonchev–Trinajstić information content (AvgIpc) is 3.14. The van der Waals surface area contributed by atoms with Crippen LogP contribution in [0.5, 0.6) is 0 Å². The molecule has 24 heavy (non-hydrogen) atoms. The van der Waals surface area contributed by atoms with E-state index in [4.69, 9.17) is 16.7 Å². The van der Waals surface area contributed by atoms with Gasteiger partial charge < -0.3 is 15.3 Å². The Kier molecular flexibility index (Phi) is 5.38. The third-order valence-electron chi connectivity index (χ3n) is 4.29. The number of amides is 1. The summed E-state index contributed by atoms with van der Waals surface area (Å²) < 4.78 is 0. The number of rotatable bonds is 5. The Bertz CT molecular complexity index is 710. The highest BCUT2D eigenvalue weighted by Crippen LogP contribution is 2.24. The second-order valence-corrected chi connectivity index (χ2v) is 6.45. The van der Waals surface area contributed by atoms with Gasteiger partial charge in [0.25, 0.3) is 5.91 Å². The lowest BCUT2D eigenvalue weighted by Crippen LogP contribution is -2.28. The number of aliphatic hydroxyl groups excluding tert-OH is 1. The molecule has 0 aliphatic carbocycles. The Morgan fingerprint density at radius 3 is 2.42 bits per heavy atom. The second kappa shape index (κ2) is 7.69. The van der Waals surface area contributed by atoms with Crippen molar-refractivity contribution in [2.75, 3.05) is 18.4 Å². The van der Waals surface area contributed by atoms with Crippen molar-refractivity contribution < 1.29 is 9.90 Å². The fourth-order valence-electron chi connectivity index (χ4n) is 2.90. The molecule has 1 saturated heterocycles. The summed E-state index contributed by atoms with van der Waals surface area (Å²) in [6.45, 7) is 2.27. The van der Waals surface area contributed by atoms with Crippen molar-refractivity contribution in [1.29, 1.82) is 0 Å². The molecule has 0 unspecified atom stereocenters. The zero-order valence-corrected chi connectivity index (χ0v) is 14.2. The molecule has 2 N–H and O–H groups in total. The van der Waals surface area contributed by atoms with E-state index < -0.39 is 0 Å². The zero-order valence-electron chi connectivity index (χ0n) is 13.5. The van der Waals surface area contributed by atoms with Crippen LogP contribution in [0.2, 0.25) is 5.02 Å². The van der Waals surface area contributed by atoms with Gasteiger partial charge in [0.15, 0.2) is 0 Å². The quantitative estimate of drug-likeness (QED) is 0.870. The standard InChI is InChI=1S/C19H21ClN2O2/c20-16-7-8-17(19(24)22-9-1-2-10-22)18(11-16)21-12-14-3-5-15(13-23)6-4-14/h3-8,11,21,23H,1-2,9-10,12-13H2. The van der Waals surface area contributed by atoms with Gasteiger partial charge in [-0.25, -0.2) is 0 Å². The summed E-state index contributed by atoms with van der Waals surface area (Å²) >= 11 is 6.11. The molecular formula is C19H21ClN2O2. The molecule has 5 heteroatoms. The van der Waals surface area contributed by atoms with Gasteiger partial charge in [0.1, 0.15) is 0 Å². The van der Waals surface area contributed by atoms with Crippen LogP contribution >= 0.6 is 11.6 Å². The Morgan fingerprint density at radius 2 is 1.75 bits per heavy atom. The van der Waals surface area contributed by atoms with Crippen molar-refractivity contribution in [3.8, 4) is 0 Å². The van der Waals surface area contributed by atoms with Gasteiger partial charge in [0, 0.05) is 30.3 Å². The number of aliphatic hydroxyl groups is 1. The number of hydrogen-bond acceptors (Lipinski definition) is 3. The molecule has 2 aromatic rings. The molecule has 0 radical (unpaired) electrons. The molecule has 0 bridgehead atoms. The summed E-state index contributed by atoms with van der Waals surface area (Å²) in [7, 11) is 0. The smallest absolute Gasteiger partial charge is 0.255 e. The molecule has 1 aliphatic heterocycles. The van der Waals surface area contributed by atoms with E-state index in [2.05, 4.69) is 5.32 Å². The van der Waals surface area contributed by atoms with Gasteiger partial charge in [-0.3, -0.25) is 4.79 Å². The van der Waals surface area contributed by atoms with E-state index in [0.29, 0.717) is 17.1 Å². The van der Waals surface area contributed by atoms with E-state index in [1.807, 2.05) is 29.2 Å². The normalized spacial score (nSPS) is 14.0. The molecule has 4 nitrogen and oxygen atoms in total.